The Morgan fingerprint density at radius 2 is 1.33 bits per heavy atom. The monoisotopic (exact) mass is 482 g/mol. The SMILES string of the molecule is CCCCCCCCCCOC[C@@]1(O[C@H]2O[C@H](CO)[C@@H](O)[C@H](O)[C@H]2O)O[C@H](CO)[C@@H](O)[C@@H]1O. The minimum atomic E-state index is -2.00. The predicted molar refractivity (Wildman–Crippen MR) is 115 cm³/mol. The smallest absolute Gasteiger partial charge is 0.224 e. The maximum Gasteiger partial charge on any atom is 0.224 e. The Hall–Kier alpha value is -0.440. The Morgan fingerprint density at radius 3 is 1.91 bits per heavy atom. The molecule has 2 aliphatic rings. The number of rotatable bonds is 15. The first-order valence-corrected chi connectivity index (χ1v) is 12.0. The number of ether oxygens (including phenoxy) is 4. The number of aliphatic hydroxyl groups excluding tert-OH is 7. The fourth-order valence-electron chi connectivity index (χ4n) is 4.17. The maximum atomic E-state index is 10.6. The molecule has 9 atom stereocenters. The Morgan fingerprint density at radius 1 is 0.727 bits per heavy atom. The average molecular weight is 483 g/mol. The van der Waals surface area contributed by atoms with Crippen molar-refractivity contribution in [3.8, 4) is 0 Å². The van der Waals surface area contributed by atoms with Gasteiger partial charge in [-0.25, -0.2) is 0 Å². The van der Waals surface area contributed by atoms with E-state index >= 15 is 0 Å². The van der Waals surface area contributed by atoms with Crippen molar-refractivity contribution in [1.29, 1.82) is 0 Å². The lowest BCUT2D eigenvalue weighted by Gasteiger charge is -2.43. The zero-order valence-corrected chi connectivity index (χ0v) is 19.4. The van der Waals surface area contributed by atoms with E-state index in [4.69, 9.17) is 18.9 Å². The molecule has 0 radical (unpaired) electrons. The van der Waals surface area contributed by atoms with Crippen LogP contribution >= 0.6 is 0 Å². The van der Waals surface area contributed by atoms with Crippen LogP contribution in [0.1, 0.15) is 58.3 Å². The molecule has 11 nitrogen and oxygen atoms in total. The van der Waals surface area contributed by atoms with Gasteiger partial charge in [0.2, 0.25) is 5.79 Å². The van der Waals surface area contributed by atoms with Crippen molar-refractivity contribution >= 4 is 0 Å². The van der Waals surface area contributed by atoms with Gasteiger partial charge < -0.3 is 54.7 Å². The topological polar surface area (TPSA) is 179 Å². The second-order valence-corrected chi connectivity index (χ2v) is 8.93. The van der Waals surface area contributed by atoms with Gasteiger partial charge in [0.25, 0.3) is 0 Å². The fourth-order valence-corrected chi connectivity index (χ4v) is 4.17. The van der Waals surface area contributed by atoms with Crippen LogP contribution in [0, 0.1) is 0 Å². The van der Waals surface area contributed by atoms with Crippen molar-refractivity contribution < 1.29 is 54.7 Å². The lowest BCUT2D eigenvalue weighted by atomic mass is 9.99. The molecule has 2 saturated heterocycles. The molecule has 196 valence electrons. The van der Waals surface area contributed by atoms with E-state index in [0.717, 1.165) is 25.7 Å². The standard InChI is InChI=1S/C22H42O11/c1-2-3-4-5-6-7-8-9-10-30-13-22(20(29)17(26)15(12-24)32-22)33-21-19(28)18(27)16(25)14(11-23)31-21/h14-21,23-29H,2-13H2,1H3/t14-,15-,16-,17-,18+,19-,20+,21-,22+/m1/s1. The van der Waals surface area contributed by atoms with Gasteiger partial charge in [-0.1, -0.05) is 51.9 Å². The first kappa shape index (κ1) is 28.8. The lowest BCUT2D eigenvalue weighted by molar-refractivity contribution is -0.385. The molecule has 2 heterocycles. The molecular weight excluding hydrogens is 440 g/mol. The Labute approximate surface area is 194 Å². The van der Waals surface area contributed by atoms with Crippen LogP contribution in [0.3, 0.4) is 0 Å². The molecule has 0 aliphatic carbocycles. The summed E-state index contributed by atoms with van der Waals surface area (Å²) in [6.07, 6.45) is -3.23. The molecule has 0 aromatic carbocycles. The molecule has 0 bridgehead atoms. The van der Waals surface area contributed by atoms with Crippen LogP contribution in [-0.4, -0.2) is 117 Å². The molecule has 0 aromatic heterocycles. The summed E-state index contributed by atoms with van der Waals surface area (Å²) in [6.45, 7) is 0.921. The lowest BCUT2D eigenvalue weighted by Crippen LogP contribution is -2.62. The molecule has 7 N–H and O–H groups in total. The zero-order chi connectivity index (χ0) is 24.4. The van der Waals surface area contributed by atoms with Gasteiger partial charge in [-0.15, -0.1) is 0 Å². The van der Waals surface area contributed by atoms with E-state index in [9.17, 15) is 35.7 Å². The van der Waals surface area contributed by atoms with Crippen molar-refractivity contribution in [1.82, 2.24) is 0 Å². The number of hydrogen-bond acceptors (Lipinski definition) is 11. The molecule has 0 spiro atoms. The molecule has 0 amide bonds. The van der Waals surface area contributed by atoms with E-state index in [0.29, 0.717) is 6.61 Å². The third-order valence-electron chi connectivity index (χ3n) is 6.30. The Balaban J connectivity index is 1.93. The summed E-state index contributed by atoms with van der Waals surface area (Å²) >= 11 is 0. The predicted octanol–water partition coefficient (Wildman–Crippen LogP) is -1.23. The summed E-state index contributed by atoms with van der Waals surface area (Å²) < 4.78 is 22.3. The van der Waals surface area contributed by atoms with E-state index in [1.54, 1.807) is 0 Å². The molecule has 0 aromatic rings. The van der Waals surface area contributed by atoms with E-state index in [1.807, 2.05) is 0 Å². The second-order valence-electron chi connectivity index (χ2n) is 8.93. The normalized spacial score (nSPS) is 39.3. The van der Waals surface area contributed by atoms with Gasteiger partial charge in [0.05, 0.1) is 13.2 Å². The minimum absolute atomic E-state index is 0.338. The van der Waals surface area contributed by atoms with Crippen LogP contribution in [0.4, 0.5) is 0 Å². The highest BCUT2D eigenvalue weighted by Crippen LogP contribution is 2.36. The quantitative estimate of drug-likeness (QED) is 0.139. The summed E-state index contributed by atoms with van der Waals surface area (Å²) in [6, 6.07) is 0. The van der Waals surface area contributed by atoms with E-state index in [2.05, 4.69) is 6.92 Å². The Bertz CT molecular complexity index is 536. The van der Waals surface area contributed by atoms with Crippen LogP contribution in [0.5, 0.6) is 0 Å². The third-order valence-corrected chi connectivity index (χ3v) is 6.30. The highest BCUT2D eigenvalue weighted by atomic mass is 16.8. The highest BCUT2D eigenvalue weighted by Gasteiger charge is 2.58. The van der Waals surface area contributed by atoms with E-state index in [1.165, 1.54) is 25.7 Å². The first-order valence-electron chi connectivity index (χ1n) is 12.0. The van der Waals surface area contributed by atoms with Crippen molar-refractivity contribution in [2.24, 2.45) is 0 Å². The summed E-state index contributed by atoms with van der Waals surface area (Å²) in [4.78, 5) is 0. The molecule has 0 unspecified atom stereocenters. The molecule has 2 rings (SSSR count). The second kappa shape index (κ2) is 14.2. The molecule has 11 heteroatoms. The summed E-state index contributed by atoms with van der Waals surface area (Å²) in [5.41, 5.74) is 0. The van der Waals surface area contributed by atoms with Gasteiger partial charge in [0.15, 0.2) is 6.29 Å². The van der Waals surface area contributed by atoms with Crippen molar-refractivity contribution in [3.05, 3.63) is 0 Å². The third kappa shape index (κ3) is 7.52. The molecule has 33 heavy (non-hydrogen) atoms. The highest BCUT2D eigenvalue weighted by molar-refractivity contribution is 4.98. The summed E-state index contributed by atoms with van der Waals surface area (Å²) in [7, 11) is 0. The van der Waals surface area contributed by atoms with Crippen LogP contribution in [-0.2, 0) is 18.9 Å². The first-order chi connectivity index (χ1) is 15.8. The Kier molecular flexibility index (Phi) is 12.4. The van der Waals surface area contributed by atoms with Crippen LogP contribution < -0.4 is 0 Å². The molecule has 2 aliphatic heterocycles. The van der Waals surface area contributed by atoms with Gasteiger partial charge in [-0.3, -0.25) is 0 Å². The molecular formula is C22H42O11. The van der Waals surface area contributed by atoms with Gasteiger partial charge in [0, 0.05) is 6.61 Å². The summed E-state index contributed by atoms with van der Waals surface area (Å²) in [5.74, 6) is -2.00. The van der Waals surface area contributed by atoms with Crippen molar-refractivity contribution in [2.45, 2.75) is 113 Å². The number of unbranched alkanes of at least 4 members (excludes halogenated alkanes) is 7. The van der Waals surface area contributed by atoms with Gasteiger partial charge >= 0.3 is 0 Å². The van der Waals surface area contributed by atoms with Crippen LogP contribution in [0.25, 0.3) is 0 Å². The number of hydrogen-bond donors (Lipinski definition) is 7. The minimum Gasteiger partial charge on any atom is -0.394 e. The molecule has 0 saturated carbocycles. The molecule has 2 fully saturated rings. The number of aliphatic hydroxyl groups is 7. The summed E-state index contributed by atoms with van der Waals surface area (Å²) in [5, 5.41) is 70.0. The van der Waals surface area contributed by atoms with Crippen LogP contribution in [0.15, 0.2) is 0 Å². The van der Waals surface area contributed by atoms with Gasteiger partial charge in [-0.2, -0.15) is 0 Å². The van der Waals surface area contributed by atoms with Gasteiger partial charge in [-0.05, 0) is 6.42 Å². The van der Waals surface area contributed by atoms with Crippen LogP contribution in [0.2, 0.25) is 0 Å². The van der Waals surface area contributed by atoms with E-state index in [-0.39, 0.29) is 6.61 Å². The van der Waals surface area contributed by atoms with Crippen molar-refractivity contribution in [2.75, 3.05) is 26.4 Å². The fraction of sp³-hybridized carbons (Fsp3) is 1.00. The van der Waals surface area contributed by atoms with E-state index < -0.39 is 68.0 Å². The maximum absolute atomic E-state index is 10.6. The van der Waals surface area contributed by atoms with Gasteiger partial charge in [0.1, 0.15) is 49.3 Å². The average Bonchev–Trinajstić information content (AvgIpc) is 3.05. The van der Waals surface area contributed by atoms with Crippen molar-refractivity contribution in [3.63, 3.8) is 0 Å². The largest absolute Gasteiger partial charge is 0.394 e. The zero-order valence-electron chi connectivity index (χ0n) is 19.4.